The van der Waals surface area contributed by atoms with E-state index in [0.717, 1.165) is 28.0 Å². The summed E-state index contributed by atoms with van der Waals surface area (Å²) in [6, 6.07) is 20.0. The number of amides is 1. The molecule has 0 fully saturated rings. The van der Waals surface area contributed by atoms with Gasteiger partial charge in [0.15, 0.2) is 9.84 Å². The molecule has 0 spiro atoms. The van der Waals surface area contributed by atoms with Crippen LogP contribution in [0.2, 0.25) is 5.02 Å². The fourth-order valence-corrected chi connectivity index (χ4v) is 4.39. The fraction of sp³-hybridized carbons (Fsp3) is 0.160. The number of halogens is 1. The average molecular weight is 468 g/mol. The van der Waals surface area contributed by atoms with Gasteiger partial charge < -0.3 is 10.1 Å². The second kappa shape index (κ2) is 9.18. The lowest BCUT2D eigenvalue weighted by atomic mass is 10.0. The van der Waals surface area contributed by atoms with Gasteiger partial charge in [-0.2, -0.15) is 0 Å². The van der Waals surface area contributed by atoms with Gasteiger partial charge in [-0.15, -0.1) is 0 Å². The van der Waals surface area contributed by atoms with Gasteiger partial charge in [0.1, 0.15) is 11.9 Å². The molecular weight excluding hydrogens is 446 g/mol. The van der Waals surface area contributed by atoms with Crippen molar-refractivity contribution in [2.75, 3.05) is 12.8 Å². The molecule has 0 bridgehead atoms. The van der Waals surface area contributed by atoms with Crippen LogP contribution in [-0.2, 0) is 21.1 Å². The van der Waals surface area contributed by atoms with Crippen molar-refractivity contribution in [1.82, 2.24) is 5.32 Å². The number of nitrogens with one attached hydrogen (secondary N) is 1. The van der Waals surface area contributed by atoms with Crippen LogP contribution in [0.5, 0.6) is 5.75 Å². The standard InChI is InChI=1S/C25H22ClNO4S/c1-32(29,30)23-9-6-18(7-10-23)19-8-11-24-20(14-19)15-22(31-24)16-27-25(28)12-5-17-3-2-4-21(26)13-17/h2-14,22H,15-16H2,1H3,(H,27,28)/b12-5+/t22-/m0/s1. The molecule has 7 heteroatoms. The number of ether oxygens (including phenoxy) is 1. The van der Waals surface area contributed by atoms with Crippen molar-refractivity contribution in [3.63, 3.8) is 0 Å². The Morgan fingerprint density at radius 1 is 1.09 bits per heavy atom. The smallest absolute Gasteiger partial charge is 0.244 e. The second-order valence-corrected chi connectivity index (χ2v) is 10.1. The summed E-state index contributed by atoms with van der Waals surface area (Å²) in [7, 11) is -3.22. The van der Waals surface area contributed by atoms with Crippen molar-refractivity contribution in [3.8, 4) is 16.9 Å². The molecule has 0 aromatic heterocycles. The van der Waals surface area contributed by atoms with E-state index in [1.54, 1.807) is 42.5 Å². The van der Waals surface area contributed by atoms with Crippen molar-refractivity contribution in [2.24, 2.45) is 0 Å². The van der Waals surface area contributed by atoms with Gasteiger partial charge in [0, 0.05) is 23.8 Å². The summed E-state index contributed by atoms with van der Waals surface area (Å²) in [5.74, 6) is 0.603. The predicted molar refractivity (Wildman–Crippen MR) is 127 cm³/mol. The monoisotopic (exact) mass is 467 g/mol. The summed E-state index contributed by atoms with van der Waals surface area (Å²) in [5.41, 5.74) is 3.84. The summed E-state index contributed by atoms with van der Waals surface area (Å²) in [4.78, 5) is 12.4. The van der Waals surface area contributed by atoms with Gasteiger partial charge in [0.25, 0.3) is 0 Å². The molecule has 4 rings (SSSR count). The van der Waals surface area contributed by atoms with E-state index < -0.39 is 9.84 Å². The summed E-state index contributed by atoms with van der Waals surface area (Å²) in [5, 5.41) is 3.49. The summed E-state index contributed by atoms with van der Waals surface area (Å²) >= 11 is 5.95. The summed E-state index contributed by atoms with van der Waals surface area (Å²) < 4.78 is 29.3. The Labute approximate surface area is 192 Å². The first-order valence-electron chi connectivity index (χ1n) is 10.1. The van der Waals surface area contributed by atoms with Crippen LogP contribution in [-0.4, -0.2) is 33.2 Å². The molecule has 1 atom stereocenters. The normalized spacial score (nSPS) is 15.4. The first kappa shape index (κ1) is 22.1. The van der Waals surface area contributed by atoms with E-state index in [0.29, 0.717) is 22.9 Å². The molecule has 0 saturated heterocycles. The number of carbonyl (C=O) groups is 1. The molecule has 0 radical (unpaired) electrons. The van der Waals surface area contributed by atoms with Crippen LogP contribution in [0, 0.1) is 0 Å². The zero-order chi connectivity index (χ0) is 22.7. The van der Waals surface area contributed by atoms with E-state index in [9.17, 15) is 13.2 Å². The topological polar surface area (TPSA) is 72.5 Å². The van der Waals surface area contributed by atoms with Crippen LogP contribution < -0.4 is 10.1 Å². The molecule has 0 aliphatic carbocycles. The highest BCUT2D eigenvalue weighted by molar-refractivity contribution is 7.90. The number of hydrogen-bond donors (Lipinski definition) is 1. The number of carbonyl (C=O) groups excluding carboxylic acids is 1. The average Bonchev–Trinajstić information content (AvgIpc) is 3.18. The summed E-state index contributed by atoms with van der Waals surface area (Å²) in [6.45, 7) is 0.395. The third kappa shape index (κ3) is 5.39. The third-order valence-electron chi connectivity index (χ3n) is 5.20. The molecule has 0 saturated carbocycles. The lowest BCUT2D eigenvalue weighted by molar-refractivity contribution is -0.116. The Balaban J connectivity index is 1.35. The van der Waals surface area contributed by atoms with Gasteiger partial charge in [0.2, 0.25) is 5.91 Å². The van der Waals surface area contributed by atoms with E-state index in [1.165, 1.54) is 12.3 Å². The third-order valence-corrected chi connectivity index (χ3v) is 6.56. The number of fused-ring (bicyclic) bond motifs is 1. The number of hydrogen-bond acceptors (Lipinski definition) is 4. The van der Waals surface area contributed by atoms with Crippen molar-refractivity contribution in [2.45, 2.75) is 17.4 Å². The molecule has 32 heavy (non-hydrogen) atoms. The van der Waals surface area contributed by atoms with E-state index in [4.69, 9.17) is 16.3 Å². The SMILES string of the molecule is CS(=O)(=O)c1ccc(-c2ccc3c(c2)C[C@@H](CNC(=O)/C=C/c2cccc(Cl)c2)O3)cc1. The Morgan fingerprint density at radius 2 is 1.84 bits per heavy atom. The molecule has 3 aromatic rings. The molecule has 1 heterocycles. The minimum absolute atomic E-state index is 0.142. The van der Waals surface area contributed by atoms with Gasteiger partial charge >= 0.3 is 0 Å². The van der Waals surface area contributed by atoms with E-state index in [1.807, 2.05) is 30.3 Å². The van der Waals surface area contributed by atoms with Crippen LogP contribution in [0.15, 0.2) is 77.7 Å². The number of sulfone groups is 1. The Morgan fingerprint density at radius 3 is 2.56 bits per heavy atom. The van der Waals surface area contributed by atoms with Gasteiger partial charge in [-0.05, 0) is 64.7 Å². The Hall–Kier alpha value is -3.09. The van der Waals surface area contributed by atoms with Gasteiger partial charge in [-0.3, -0.25) is 4.79 Å². The van der Waals surface area contributed by atoms with Crippen LogP contribution in [0.1, 0.15) is 11.1 Å². The molecule has 3 aromatic carbocycles. The lowest BCUT2D eigenvalue weighted by Crippen LogP contribution is -2.33. The van der Waals surface area contributed by atoms with Crippen LogP contribution >= 0.6 is 11.6 Å². The van der Waals surface area contributed by atoms with Gasteiger partial charge in [0.05, 0.1) is 11.4 Å². The number of rotatable bonds is 6. The highest BCUT2D eigenvalue weighted by atomic mass is 35.5. The van der Waals surface area contributed by atoms with Crippen molar-refractivity contribution >= 4 is 33.4 Å². The van der Waals surface area contributed by atoms with E-state index in [-0.39, 0.29) is 12.0 Å². The fourth-order valence-electron chi connectivity index (χ4n) is 3.56. The maximum atomic E-state index is 12.1. The molecule has 1 N–H and O–H groups in total. The minimum atomic E-state index is -3.22. The van der Waals surface area contributed by atoms with Crippen molar-refractivity contribution < 1.29 is 17.9 Å². The zero-order valence-electron chi connectivity index (χ0n) is 17.4. The van der Waals surface area contributed by atoms with Gasteiger partial charge in [-0.25, -0.2) is 8.42 Å². The molecule has 1 aliphatic heterocycles. The lowest BCUT2D eigenvalue weighted by Gasteiger charge is -2.10. The van der Waals surface area contributed by atoms with Crippen LogP contribution in [0.25, 0.3) is 17.2 Å². The first-order chi connectivity index (χ1) is 15.3. The molecule has 1 aliphatic rings. The van der Waals surface area contributed by atoms with E-state index >= 15 is 0 Å². The largest absolute Gasteiger partial charge is 0.488 e. The molecule has 1 amide bonds. The highest BCUT2D eigenvalue weighted by Gasteiger charge is 2.23. The maximum Gasteiger partial charge on any atom is 0.244 e. The summed E-state index contributed by atoms with van der Waals surface area (Å²) in [6.07, 6.45) is 4.93. The quantitative estimate of drug-likeness (QED) is 0.540. The minimum Gasteiger partial charge on any atom is -0.488 e. The highest BCUT2D eigenvalue weighted by Crippen LogP contribution is 2.33. The maximum absolute atomic E-state index is 12.1. The molecule has 164 valence electrons. The molecule has 5 nitrogen and oxygen atoms in total. The second-order valence-electron chi connectivity index (χ2n) is 7.70. The van der Waals surface area contributed by atoms with Crippen molar-refractivity contribution in [3.05, 3.63) is 89.0 Å². The van der Waals surface area contributed by atoms with Crippen LogP contribution in [0.3, 0.4) is 0 Å². The molecule has 0 unspecified atom stereocenters. The zero-order valence-corrected chi connectivity index (χ0v) is 19.0. The number of benzene rings is 3. The molecular formula is C25H22ClNO4S. The Bertz CT molecular complexity index is 1280. The predicted octanol–water partition coefficient (Wildman–Crippen LogP) is 4.54. The van der Waals surface area contributed by atoms with Crippen LogP contribution in [0.4, 0.5) is 0 Å². The van der Waals surface area contributed by atoms with Gasteiger partial charge in [-0.1, -0.05) is 41.9 Å². The first-order valence-corrected chi connectivity index (χ1v) is 12.4. The van der Waals surface area contributed by atoms with E-state index in [2.05, 4.69) is 5.32 Å². The van der Waals surface area contributed by atoms with Crippen molar-refractivity contribution in [1.29, 1.82) is 0 Å². The Kier molecular flexibility index (Phi) is 6.35.